The van der Waals surface area contributed by atoms with Crippen LogP contribution in [-0.4, -0.2) is 75.6 Å². The van der Waals surface area contributed by atoms with Gasteiger partial charge in [-0.25, -0.2) is 4.79 Å². The normalized spacial score (nSPS) is 13.1. The van der Waals surface area contributed by atoms with Gasteiger partial charge in [0, 0.05) is 12.8 Å². The van der Waals surface area contributed by atoms with Crippen LogP contribution in [0.4, 0.5) is 0 Å². The Morgan fingerprint density at radius 2 is 1.36 bits per heavy atom. The Hall–Kier alpha value is -4.00. The molecule has 0 radical (unpaired) electrons. The predicted molar refractivity (Wildman–Crippen MR) is 112 cm³/mol. The second-order valence-electron chi connectivity index (χ2n) is 7.00. The second-order valence-corrected chi connectivity index (χ2v) is 7.00. The third kappa shape index (κ3) is 10.2. The van der Waals surface area contributed by atoms with Crippen molar-refractivity contribution in [2.75, 3.05) is 6.54 Å². The molecule has 8 N–H and O–H groups in total. The molecule has 1 rings (SSSR count). The zero-order valence-electron chi connectivity index (χ0n) is 17.5. The van der Waals surface area contributed by atoms with Crippen molar-refractivity contribution in [3.05, 3.63) is 35.9 Å². The molecule has 0 saturated heterocycles. The minimum Gasteiger partial charge on any atom is -0.481 e. The third-order valence-corrected chi connectivity index (χ3v) is 4.39. The van der Waals surface area contributed by atoms with Gasteiger partial charge in [0.2, 0.25) is 17.7 Å². The van der Waals surface area contributed by atoms with E-state index in [1.54, 1.807) is 30.3 Å². The van der Waals surface area contributed by atoms with E-state index < -0.39 is 79.6 Å². The number of aliphatic carboxylic acids is 3. The summed E-state index contributed by atoms with van der Waals surface area (Å²) in [4.78, 5) is 70.3. The van der Waals surface area contributed by atoms with Crippen LogP contribution < -0.4 is 21.7 Å². The molecule has 0 fully saturated rings. The fourth-order valence-electron chi connectivity index (χ4n) is 2.77. The van der Waals surface area contributed by atoms with Gasteiger partial charge in [0.15, 0.2) is 0 Å². The molecule has 1 aromatic carbocycles. The number of benzene rings is 1. The van der Waals surface area contributed by atoms with E-state index in [0.717, 1.165) is 0 Å². The Bertz CT molecular complexity index is 876. The van der Waals surface area contributed by atoms with Gasteiger partial charge in [-0.2, -0.15) is 0 Å². The van der Waals surface area contributed by atoms with E-state index in [-0.39, 0.29) is 6.42 Å². The molecule has 0 saturated carbocycles. The Kier molecular flexibility index (Phi) is 11.0. The highest BCUT2D eigenvalue weighted by atomic mass is 16.4. The van der Waals surface area contributed by atoms with Gasteiger partial charge < -0.3 is 37.0 Å². The highest BCUT2D eigenvalue weighted by Crippen LogP contribution is 2.07. The molecular formula is C20H26N4O9. The number of carboxylic acids is 3. The number of carbonyl (C=O) groups excluding carboxylic acids is 3. The first-order valence-electron chi connectivity index (χ1n) is 9.84. The maximum absolute atomic E-state index is 12.8. The highest BCUT2D eigenvalue weighted by Gasteiger charge is 2.30. The summed E-state index contributed by atoms with van der Waals surface area (Å²) in [7, 11) is 0. The fourth-order valence-corrected chi connectivity index (χ4v) is 2.77. The van der Waals surface area contributed by atoms with Crippen molar-refractivity contribution < 1.29 is 44.1 Å². The van der Waals surface area contributed by atoms with Gasteiger partial charge >= 0.3 is 17.9 Å². The summed E-state index contributed by atoms with van der Waals surface area (Å²) >= 11 is 0. The average Bonchev–Trinajstić information content (AvgIpc) is 2.75. The molecule has 0 aromatic heterocycles. The van der Waals surface area contributed by atoms with Gasteiger partial charge in [-0.15, -0.1) is 0 Å². The van der Waals surface area contributed by atoms with E-state index in [9.17, 15) is 33.9 Å². The minimum atomic E-state index is -1.54. The van der Waals surface area contributed by atoms with Crippen LogP contribution in [0.3, 0.4) is 0 Å². The van der Waals surface area contributed by atoms with E-state index in [0.29, 0.717) is 5.56 Å². The first kappa shape index (κ1) is 27.0. The lowest BCUT2D eigenvalue weighted by Crippen LogP contribution is -2.57. The zero-order valence-corrected chi connectivity index (χ0v) is 17.5. The molecule has 180 valence electrons. The lowest BCUT2D eigenvalue weighted by Gasteiger charge is -2.24. The predicted octanol–water partition coefficient (Wildman–Crippen LogP) is -1.93. The smallest absolute Gasteiger partial charge is 0.326 e. The minimum absolute atomic E-state index is 0.0890. The molecule has 3 unspecified atom stereocenters. The number of carbonyl (C=O) groups is 6. The fraction of sp³-hybridized carbons (Fsp3) is 0.400. The zero-order chi connectivity index (χ0) is 25.0. The number of nitrogens with two attached hydrogens (primary N) is 1. The molecule has 0 aliphatic rings. The van der Waals surface area contributed by atoms with E-state index in [4.69, 9.17) is 15.9 Å². The van der Waals surface area contributed by atoms with E-state index in [2.05, 4.69) is 16.0 Å². The van der Waals surface area contributed by atoms with Crippen molar-refractivity contribution in [2.24, 2.45) is 5.73 Å². The number of nitrogens with one attached hydrogen (secondary N) is 3. The summed E-state index contributed by atoms with van der Waals surface area (Å²) in [5.41, 5.74) is 5.78. The SMILES string of the molecule is NCC(=O)NC(CC(=O)O)C(=O)NC(Cc1ccccc1)C(=O)NC(CCC(=O)O)C(=O)O. The summed E-state index contributed by atoms with van der Waals surface area (Å²) in [6.45, 7) is -0.499. The van der Waals surface area contributed by atoms with E-state index >= 15 is 0 Å². The van der Waals surface area contributed by atoms with Gasteiger partial charge in [-0.05, 0) is 12.0 Å². The summed E-state index contributed by atoms with van der Waals surface area (Å²) in [6.07, 6.45) is -1.78. The number of hydrogen-bond acceptors (Lipinski definition) is 7. The van der Waals surface area contributed by atoms with Crippen LogP contribution in [-0.2, 0) is 35.2 Å². The largest absolute Gasteiger partial charge is 0.481 e. The average molecular weight is 466 g/mol. The first-order chi connectivity index (χ1) is 15.5. The van der Waals surface area contributed by atoms with Crippen LogP contribution >= 0.6 is 0 Å². The molecule has 3 amide bonds. The van der Waals surface area contributed by atoms with Gasteiger partial charge in [-0.1, -0.05) is 30.3 Å². The maximum atomic E-state index is 12.8. The van der Waals surface area contributed by atoms with Gasteiger partial charge in [0.05, 0.1) is 13.0 Å². The van der Waals surface area contributed by atoms with Crippen LogP contribution in [0.1, 0.15) is 24.8 Å². The van der Waals surface area contributed by atoms with Crippen molar-refractivity contribution in [1.82, 2.24) is 16.0 Å². The van der Waals surface area contributed by atoms with E-state index in [1.807, 2.05) is 0 Å². The molecule has 13 nitrogen and oxygen atoms in total. The molecule has 0 aliphatic heterocycles. The second kappa shape index (κ2) is 13.4. The molecule has 0 bridgehead atoms. The summed E-state index contributed by atoms with van der Waals surface area (Å²) in [5, 5.41) is 33.7. The number of rotatable bonds is 14. The topological polar surface area (TPSA) is 225 Å². The van der Waals surface area contributed by atoms with Crippen LogP contribution in [0.2, 0.25) is 0 Å². The van der Waals surface area contributed by atoms with Crippen molar-refractivity contribution >= 4 is 35.6 Å². The van der Waals surface area contributed by atoms with Crippen molar-refractivity contribution in [1.29, 1.82) is 0 Å². The monoisotopic (exact) mass is 466 g/mol. The number of hydrogen-bond donors (Lipinski definition) is 7. The van der Waals surface area contributed by atoms with E-state index in [1.165, 1.54) is 0 Å². The molecule has 33 heavy (non-hydrogen) atoms. The van der Waals surface area contributed by atoms with Crippen LogP contribution in [0, 0.1) is 0 Å². The Labute approximate surface area is 188 Å². The lowest BCUT2D eigenvalue weighted by molar-refractivity contribution is -0.144. The number of amides is 3. The summed E-state index contributed by atoms with van der Waals surface area (Å²) < 4.78 is 0. The molecule has 1 aromatic rings. The molecule has 0 spiro atoms. The number of carboxylic acid groups (broad SMARTS) is 3. The Morgan fingerprint density at radius 3 is 1.88 bits per heavy atom. The van der Waals surface area contributed by atoms with Gasteiger partial charge in [0.1, 0.15) is 18.1 Å². The molecule has 3 atom stereocenters. The van der Waals surface area contributed by atoms with Crippen molar-refractivity contribution in [2.45, 2.75) is 43.8 Å². The first-order valence-corrected chi connectivity index (χ1v) is 9.84. The Balaban J connectivity index is 3.08. The summed E-state index contributed by atoms with van der Waals surface area (Å²) in [6, 6.07) is 3.95. The standard InChI is InChI=1S/C20H26N4O9/c21-10-15(25)22-14(9-17(28)29)19(31)24-13(8-11-4-2-1-3-5-11)18(30)23-12(20(32)33)6-7-16(26)27/h1-5,12-14H,6-10,21H2,(H,22,25)(H,23,30)(H,24,31)(H,26,27)(H,28,29)(H,32,33). The van der Waals surface area contributed by atoms with Crippen LogP contribution in [0.5, 0.6) is 0 Å². The molecule has 0 aliphatic carbocycles. The third-order valence-electron chi connectivity index (χ3n) is 4.39. The van der Waals surface area contributed by atoms with Gasteiger partial charge in [0.25, 0.3) is 0 Å². The van der Waals surface area contributed by atoms with Crippen molar-refractivity contribution in [3.8, 4) is 0 Å². The van der Waals surface area contributed by atoms with Crippen LogP contribution in [0.25, 0.3) is 0 Å². The molecule has 0 heterocycles. The maximum Gasteiger partial charge on any atom is 0.326 e. The molecular weight excluding hydrogens is 440 g/mol. The van der Waals surface area contributed by atoms with Gasteiger partial charge in [-0.3, -0.25) is 24.0 Å². The Morgan fingerprint density at radius 1 is 0.788 bits per heavy atom. The molecule has 13 heteroatoms. The van der Waals surface area contributed by atoms with Crippen molar-refractivity contribution in [3.63, 3.8) is 0 Å². The summed E-state index contributed by atoms with van der Waals surface area (Å²) in [5.74, 6) is -6.82. The highest BCUT2D eigenvalue weighted by molar-refractivity contribution is 5.95. The quantitative estimate of drug-likeness (QED) is 0.161. The lowest BCUT2D eigenvalue weighted by atomic mass is 10.0. The van der Waals surface area contributed by atoms with Crippen LogP contribution in [0.15, 0.2) is 30.3 Å².